The van der Waals surface area contributed by atoms with Crippen LogP contribution in [-0.4, -0.2) is 20.1 Å². The van der Waals surface area contributed by atoms with E-state index < -0.39 is 26.4 Å². The molecule has 0 spiro atoms. The number of sulfone groups is 1. The Bertz CT molecular complexity index is 842. The van der Waals surface area contributed by atoms with Gasteiger partial charge in [0.15, 0.2) is 0 Å². The van der Waals surface area contributed by atoms with Crippen LogP contribution in [0.3, 0.4) is 0 Å². The molecule has 0 aromatic heterocycles. The van der Waals surface area contributed by atoms with Crippen molar-refractivity contribution in [2.24, 2.45) is 0 Å². The zero-order chi connectivity index (χ0) is 17.2. The van der Waals surface area contributed by atoms with Gasteiger partial charge in [0.2, 0.25) is 9.84 Å². The van der Waals surface area contributed by atoms with Gasteiger partial charge in [-0.25, -0.2) is 8.42 Å². The molecular formula is C14H9BrClF2NO3S. The molecule has 0 heterocycles. The fourth-order valence-corrected chi connectivity index (χ4v) is 3.13. The Hall–Kier alpha value is -1.51. The summed E-state index contributed by atoms with van der Waals surface area (Å²) in [5.41, 5.74) is 0.473. The minimum atomic E-state index is -4.68. The molecule has 2 aromatic rings. The summed E-state index contributed by atoms with van der Waals surface area (Å²) in [7, 11) is -4.68. The lowest BCUT2D eigenvalue weighted by Gasteiger charge is -2.08. The standard InChI is InChI=1S/C14H9BrClF2NO3S/c15-9-3-6-12(11(16)7-9)19-13(20)8-1-4-10(5-2-8)23(21,22)14(17)18/h1-7,14H,(H,19,20). The highest BCUT2D eigenvalue weighted by molar-refractivity contribution is 9.10. The second-order valence-corrected chi connectivity index (χ2v) is 7.65. The van der Waals surface area contributed by atoms with Crippen molar-refractivity contribution in [2.45, 2.75) is 10.7 Å². The molecule has 0 unspecified atom stereocenters. The third-order valence-corrected chi connectivity index (χ3v) is 5.06. The maximum absolute atomic E-state index is 12.4. The van der Waals surface area contributed by atoms with Gasteiger partial charge in [-0.15, -0.1) is 0 Å². The number of anilines is 1. The van der Waals surface area contributed by atoms with Crippen molar-refractivity contribution in [3.8, 4) is 0 Å². The number of hydrogen-bond acceptors (Lipinski definition) is 3. The van der Waals surface area contributed by atoms with E-state index in [9.17, 15) is 22.0 Å². The molecule has 122 valence electrons. The Morgan fingerprint density at radius 2 is 1.74 bits per heavy atom. The third-order valence-electron chi connectivity index (χ3n) is 2.86. The van der Waals surface area contributed by atoms with Gasteiger partial charge < -0.3 is 5.32 Å². The van der Waals surface area contributed by atoms with E-state index in [0.29, 0.717) is 10.7 Å². The molecule has 0 saturated carbocycles. The first-order valence-electron chi connectivity index (χ1n) is 6.10. The Balaban J connectivity index is 2.21. The number of hydrogen-bond donors (Lipinski definition) is 1. The summed E-state index contributed by atoms with van der Waals surface area (Å²) in [6.45, 7) is 0. The molecule has 0 atom stereocenters. The van der Waals surface area contributed by atoms with Crippen LogP contribution >= 0.6 is 27.5 Å². The van der Waals surface area contributed by atoms with Crippen molar-refractivity contribution in [3.63, 3.8) is 0 Å². The Morgan fingerprint density at radius 3 is 2.26 bits per heavy atom. The monoisotopic (exact) mass is 423 g/mol. The molecule has 2 rings (SSSR count). The summed E-state index contributed by atoms with van der Waals surface area (Å²) in [4.78, 5) is 11.5. The van der Waals surface area contributed by atoms with Crippen molar-refractivity contribution >= 4 is 49.0 Å². The number of benzene rings is 2. The van der Waals surface area contributed by atoms with Crippen LogP contribution in [0.5, 0.6) is 0 Å². The molecule has 1 N–H and O–H groups in total. The third kappa shape index (κ3) is 4.07. The average molecular weight is 425 g/mol. The van der Waals surface area contributed by atoms with Crippen LogP contribution in [0, 0.1) is 0 Å². The molecule has 0 aliphatic rings. The van der Waals surface area contributed by atoms with E-state index >= 15 is 0 Å². The Labute approximate surface area is 144 Å². The van der Waals surface area contributed by atoms with Crippen LogP contribution in [0.25, 0.3) is 0 Å². The molecular weight excluding hydrogens is 416 g/mol. The summed E-state index contributed by atoms with van der Waals surface area (Å²) in [6.07, 6.45) is 0. The maximum Gasteiger partial charge on any atom is 0.341 e. The first-order valence-corrected chi connectivity index (χ1v) is 8.82. The van der Waals surface area contributed by atoms with Crippen molar-refractivity contribution in [1.82, 2.24) is 0 Å². The van der Waals surface area contributed by atoms with Gasteiger partial charge >= 0.3 is 5.76 Å². The van der Waals surface area contributed by atoms with Gasteiger partial charge in [-0.2, -0.15) is 8.78 Å². The van der Waals surface area contributed by atoms with Crippen LogP contribution in [0.15, 0.2) is 51.8 Å². The van der Waals surface area contributed by atoms with Gasteiger partial charge in [0.1, 0.15) is 0 Å². The lowest BCUT2D eigenvalue weighted by molar-refractivity contribution is 0.102. The molecule has 0 saturated heterocycles. The minimum absolute atomic E-state index is 0.109. The summed E-state index contributed by atoms with van der Waals surface area (Å²) < 4.78 is 48.2. The molecule has 2 aromatic carbocycles. The van der Waals surface area contributed by atoms with E-state index in [1.807, 2.05) is 0 Å². The fraction of sp³-hybridized carbons (Fsp3) is 0.0714. The lowest BCUT2D eigenvalue weighted by atomic mass is 10.2. The quantitative estimate of drug-likeness (QED) is 0.793. The van der Waals surface area contributed by atoms with Gasteiger partial charge in [-0.1, -0.05) is 27.5 Å². The number of rotatable bonds is 4. The summed E-state index contributed by atoms with van der Waals surface area (Å²) >= 11 is 9.20. The first kappa shape index (κ1) is 17.8. The Kier molecular flexibility index (Phi) is 5.38. The van der Waals surface area contributed by atoms with Crippen LogP contribution in [0.1, 0.15) is 10.4 Å². The molecule has 4 nitrogen and oxygen atoms in total. The first-order chi connectivity index (χ1) is 10.7. The van der Waals surface area contributed by atoms with Crippen molar-refractivity contribution in [1.29, 1.82) is 0 Å². The fourth-order valence-electron chi connectivity index (χ4n) is 1.68. The molecule has 9 heteroatoms. The number of nitrogens with one attached hydrogen (secondary N) is 1. The van der Waals surface area contributed by atoms with Gasteiger partial charge in [-0.3, -0.25) is 4.79 Å². The smallest absolute Gasteiger partial charge is 0.321 e. The van der Waals surface area contributed by atoms with Crippen molar-refractivity contribution in [2.75, 3.05) is 5.32 Å². The Morgan fingerprint density at radius 1 is 1.13 bits per heavy atom. The van der Waals surface area contributed by atoms with E-state index in [0.717, 1.165) is 28.7 Å². The minimum Gasteiger partial charge on any atom is -0.321 e. The van der Waals surface area contributed by atoms with Crippen LogP contribution < -0.4 is 5.32 Å². The maximum atomic E-state index is 12.4. The number of alkyl halides is 2. The highest BCUT2D eigenvalue weighted by Crippen LogP contribution is 2.26. The highest BCUT2D eigenvalue weighted by Gasteiger charge is 2.26. The van der Waals surface area contributed by atoms with Crippen molar-refractivity contribution in [3.05, 3.63) is 57.5 Å². The molecule has 23 heavy (non-hydrogen) atoms. The molecule has 0 aliphatic heterocycles. The SMILES string of the molecule is O=C(Nc1ccc(Br)cc1Cl)c1ccc(S(=O)(=O)C(F)F)cc1. The normalized spacial score (nSPS) is 11.5. The summed E-state index contributed by atoms with van der Waals surface area (Å²) in [5.74, 6) is -4.06. The van der Waals surface area contributed by atoms with Gasteiger partial charge in [0.05, 0.1) is 15.6 Å². The van der Waals surface area contributed by atoms with Gasteiger partial charge in [-0.05, 0) is 42.5 Å². The number of carbonyl (C=O) groups excluding carboxylic acids is 1. The number of carbonyl (C=O) groups is 1. The topological polar surface area (TPSA) is 63.2 Å². The molecule has 1 amide bonds. The predicted molar refractivity (Wildman–Crippen MR) is 86.7 cm³/mol. The summed E-state index contributed by atoms with van der Waals surface area (Å²) in [5, 5.41) is 2.86. The van der Waals surface area contributed by atoms with E-state index in [-0.39, 0.29) is 5.56 Å². The van der Waals surface area contributed by atoms with Gasteiger partial charge in [0.25, 0.3) is 5.91 Å². The average Bonchev–Trinajstić information content (AvgIpc) is 2.50. The molecule has 0 fully saturated rings. The molecule has 0 aliphatic carbocycles. The van der Waals surface area contributed by atoms with E-state index in [1.165, 1.54) is 0 Å². The lowest BCUT2D eigenvalue weighted by Crippen LogP contribution is -2.14. The summed E-state index contributed by atoms with van der Waals surface area (Å²) in [6, 6.07) is 9.07. The zero-order valence-corrected chi connectivity index (χ0v) is 14.4. The molecule has 0 bridgehead atoms. The number of amides is 1. The van der Waals surface area contributed by atoms with E-state index in [2.05, 4.69) is 21.2 Å². The van der Waals surface area contributed by atoms with Crippen LogP contribution in [0.2, 0.25) is 5.02 Å². The van der Waals surface area contributed by atoms with Gasteiger partial charge in [0, 0.05) is 10.0 Å². The van der Waals surface area contributed by atoms with E-state index in [1.54, 1.807) is 18.2 Å². The van der Waals surface area contributed by atoms with Crippen LogP contribution in [-0.2, 0) is 9.84 Å². The second kappa shape index (κ2) is 6.94. The number of halogens is 4. The van der Waals surface area contributed by atoms with E-state index in [4.69, 9.17) is 11.6 Å². The molecule has 0 radical (unpaired) electrons. The zero-order valence-electron chi connectivity index (χ0n) is 11.3. The van der Waals surface area contributed by atoms with Crippen molar-refractivity contribution < 1.29 is 22.0 Å². The predicted octanol–water partition coefficient (Wildman–Crippen LogP) is 4.35. The highest BCUT2D eigenvalue weighted by atomic mass is 79.9. The largest absolute Gasteiger partial charge is 0.341 e. The van der Waals surface area contributed by atoms with Crippen LogP contribution in [0.4, 0.5) is 14.5 Å². The second-order valence-electron chi connectivity index (χ2n) is 4.41.